The van der Waals surface area contributed by atoms with Crippen LogP contribution in [0.3, 0.4) is 0 Å². The maximum Gasteiger partial charge on any atom is 0.416 e. The Bertz CT molecular complexity index is 772. The zero-order valence-electron chi connectivity index (χ0n) is 14.7. The van der Waals surface area contributed by atoms with E-state index in [0.717, 1.165) is 31.5 Å². The van der Waals surface area contributed by atoms with Crippen LogP contribution in [0.4, 0.5) is 13.2 Å². The minimum atomic E-state index is -4.44. The van der Waals surface area contributed by atoms with Gasteiger partial charge in [-0.25, -0.2) is 4.68 Å². The Morgan fingerprint density at radius 3 is 2.63 bits per heavy atom. The summed E-state index contributed by atoms with van der Waals surface area (Å²) in [6.07, 6.45) is -1.24. The number of hydrogen-bond donors (Lipinski definition) is 1. The Hall–Kier alpha value is -2.13. The van der Waals surface area contributed by atoms with Crippen molar-refractivity contribution < 1.29 is 18.0 Å². The number of nitrogens with one attached hydrogen (secondary N) is 1. The number of hydrogen-bond acceptors (Lipinski definition) is 4. The van der Waals surface area contributed by atoms with Crippen LogP contribution in [-0.2, 0) is 6.18 Å². The Morgan fingerprint density at radius 1 is 1.30 bits per heavy atom. The zero-order chi connectivity index (χ0) is 18.7. The molecule has 1 aromatic carbocycles. The summed E-state index contributed by atoms with van der Waals surface area (Å²) in [5.41, 5.74) is -0.432. The Balaban J connectivity index is 0.00000261. The topological polar surface area (TPSA) is 63.1 Å². The van der Waals surface area contributed by atoms with Crippen molar-refractivity contribution in [1.82, 2.24) is 25.2 Å². The van der Waals surface area contributed by atoms with Crippen LogP contribution in [0.1, 0.15) is 28.9 Å². The van der Waals surface area contributed by atoms with Crippen LogP contribution in [0.2, 0.25) is 0 Å². The van der Waals surface area contributed by atoms with E-state index in [1.165, 1.54) is 23.0 Å². The predicted molar refractivity (Wildman–Crippen MR) is 96.2 cm³/mol. The van der Waals surface area contributed by atoms with Gasteiger partial charge in [0.1, 0.15) is 0 Å². The molecule has 148 valence electrons. The molecule has 2 heterocycles. The fourth-order valence-corrected chi connectivity index (χ4v) is 3.10. The van der Waals surface area contributed by atoms with Crippen molar-refractivity contribution in [3.63, 3.8) is 0 Å². The monoisotopic (exact) mass is 403 g/mol. The number of halogens is 4. The smallest absolute Gasteiger partial charge is 0.337 e. The number of amides is 1. The fraction of sp³-hybridized carbons (Fsp3) is 0.471. The quantitative estimate of drug-likeness (QED) is 0.852. The van der Waals surface area contributed by atoms with E-state index in [0.29, 0.717) is 19.0 Å². The molecule has 10 heteroatoms. The maximum atomic E-state index is 12.8. The van der Waals surface area contributed by atoms with E-state index in [-0.39, 0.29) is 29.7 Å². The van der Waals surface area contributed by atoms with Crippen LogP contribution in [0, 0.1) is 5.92 Å². The third-order valence-electron chi connectivity index (χ3n) is 4.55. The molecule has 0 aliphatic carbocycles. The highest BCUT2D eigenvalue weighted by Gasteiger charge is 2.31. The lowest BCUT2D eigenvalue weighted by Crippen LogP contribution is -2.40. The van der Waals surface area contributed by atoms with Crippen LogP contribution < -0.4 is 5.32 Å². The molecular weight excluding hydrogens is 383 g/mol. The number of rotatable bonds is 4. The standard InChI is InChI=1S/C17H20F3N5O.ClH/c1-21-10-12-5-7-24(8-6-12)16(26)15-11-25(23-22-15)14-4-2-3-13(9-14)17(18,19)20;/h2-4,9,11-12,21H,5-8,10H2,1H3;1H. The summed E-state index contributed by atoms with van der Waals surface area (Å²) in [6, 6.07) is 4.75. The average molecular weight is 404 g/mol. The summed E-state index contributed by atoms with van der Waals surface area (Å²) >= 11 is 0. The van der Waals surface area contributed by atoms with Gasteiger partial charge < -0.3 is 10.2 Å². The molecule has 0 unspecified atom stereocenters. The van der Waals surface area contributed by atoms with E-state index in [4.69, 9.17) is 0 Å². The first-order valence-electron chi connectivity index (χ1n) is 8.42. The van der Waals surface area contributed by atoms with Gasteiger partial charge in [-0.2, -0.15) is 13.2 Å². The van der Waals surface area contributed by atoms with Crippen molar-refractivity contribution in [2.45, 2.75) is 19.0 Å². The Labute approximate surface area is 161 Å². The lowest BCUT2D eigenvalue weighted by molar-refractivity contribution is -0.137. The first-order valence-corrected chi connectivity index (χ1v) is 8.42. The summed E-state index contributed by atoms with van der Waals surface area (Å²) in [7, 11) is 1.91. The third kappa shape index (κ3) is 4.98. The maximum absolute atomic E-state index is 12.8. The van der Waals surface area contributed by atoms with Crippen LogP contribution in [0.15, 0.2) is 30.5 Å². The van der Waals surface area contributed by atoms with E-state index in [1.54, 1.807) is 4.90 Å². The number of likely N-dealkylation sites (tertiary alicyclic amines) is 1. The molecule has 1 amide bonds. The lowest BCUT2D eigenvalue weighted by Gasteiger charge is -2.31. The first kappa shape index (κ1) is 21.2. The summed E-state index contributed by atoms with van der Waals surface area (Å²) in [5.74, 6) is 0.302. The SMILES string of the molecule is CNCC1CCN(C(=O)c2cn(-c3cccc(C(F)(F)F)c3)nn2)CC1.Cl. The zero-order valence-corrected chi connectivity index (χ0v) is 15.6. The first-order chi connectivity index (χ1) is 12.4. The van der Waals surface area contributed by atoms with Gasteiger partial charge in [-0.3, -0.25) is 4.79 Å². The molecule has 1 N–H and O–H groups in total. The van der Waals surface area contributed by atoms with Gasteiger partial charge >= 0.3 is 6.18 Å². The van der Waals surface area contributed by atoms with Crippen LogP contribution in [0.25, 0.3) is 5.69 Å². The number of piperidine rings is 1. The number of carbonyl (C=O) groups excluding carboxylic acids is 1. The van der Waals surface area contributed by atoms with Crippen molar-refractivity contribution >= 4 is 18.3 Å². The molecule has 2 aromatic rings. The van der Waals surface area contributed by atoms with E-state index < -0.39 is 11.7 Å². The summed E-state index contributed by atoms with van der Waals surface area (Å²) in [5, 5.41) is 10.8. The van der Waals surface area contributed by atoms with Crippen molar-refractivity contribution in [3.05, 3.63) is 41.7 Å². The largest absolute Gasteiger partial charge is 0.416 e. The second-order valence-electron chi connectivity index (χ2n) is 6.39. The van der Waals surface area contributed by atoms with E-state index >= 15 is 0 Å². The lowest BCUT2D eigenvalue weighted by atomic mass is 9.97. The van der Waals surface area contributed by atoms with Crippen LogP contribution in [-0.4, -0.2) is 52.5 Å². The van der Waals surface area contributed by atoms with Crippen molar-refractivity contribution in [2.24, 2.45) is 5.92 Å². The van der Waals surface area contributed by atoms with Crippen molar-refractivity contribution in [2.75, 3.05) is 26.7 Å². The second kappa shape index (κ2) is 8.71. The highest BCUT2D eigenvalue weighted by atomic mass is 35.5. The number of benzene rings is 1. The number of alkyl halides is 3. The van der Waals surface area contributed by atoms with Gasteiger partial charge in [-0.15, -0.1) is 17.5 Å². The summed E-state index contributed by atoms with van der Waals surface area (Å²) < 4.78 is 39.7. The molecule has 0 radical (unpaired) electrons. The summed E-state index contributed by atoms with van der Waals surface area (Å²) in [6.45, 7) is 2.21. The number of nitrogens with zero attached hydrogens (tertiary/aromatic N) is 4. The van der Waals surface area contributed by atoms with Crippen molar-refractivity contribution in [3.8, 4) is 5.69 Å². The minimum Gasteiger partial charge on any atom is -0.337 e. The fourth-order valence-electron chi connectivity index (χ4n) is 3.10. The van der Waals surface area contributed by atoms with Crippen molar-refractivity contribution in [1.29, 1.82) is 0 Å². The van der Waals surface area contributed by atoms with E-state index in [2.05, 4.69) is 15.6 Å². The predicted octanol–water partition coefficient (Wildman–Crippen LogP) is 2.78. The number of aromatic nitrogens is 3. The molecular formula is C17H21ClF3N5O. The molecule has 1 aromatic heterocycles. The van der Waals surface area contributed by atoms with Gasteiger partial charge in [0.25, 0.3) is 5.91 Å². The van der Waals surface area contributed by atoms with E-state index in [9.17, 15) is 18.0 Å². The molecule has 3 rings (SSSR count). The van der Waals surface area contributed by atoms with Gasteiger partial charge in [0.15, 0.2) is 5.69 Å². The minimum absolute atomic E-state index is 0. The molecule has 1 aliphatic rings. The van der Waals surface area contributed by atoms with Crippen LogP contribution >= 0.6 is 12.4 Å². The van der Waals surface area contributed by atoms with Gasteiger partial charge in [-0.05, 0) is 50.6 Å². The Kier molecular flexibility index (Phi) is 6.83. The molecule has 0 spiro atoms. The molecule has 6 nitrogen and oxygen atoms in total. The van der Waals surface area contributed by atoms with E-state index in [1.807, 2.05) is 7.05 Å². The molecule has 1 aliphatic heterocycles. The molecule has 0 atom stereocenters. The van der Waals surface area contributed by atoms with Gasteiger partial charge in [-0.1, -0.05) is 11.3 Å². The van der Waals surface area contributed by atoms with Gasteiger partial charge in [0.2, 0.25) is 0 Å². The molecule has 0 saturated carbocycles. The molecule has 27 heavy (non-hydrogen) atoms. The average Bonchev–Trinajstić information content (AvgIpc) is 3.12. The summed E-state index contributed by atoms with van der Waals surface area (Å²) in [4.78, 5) is 14.3. The molecule has 1 fully saturated rings. The molecule has 0 bridgehead atoms. The number of carbonyl (C=O) groups is 1. The van der Waals surface area contributed by atoms with Gasteiger partial charge in [0, 0.05) is 13.1 Å². The normalized spacial score (nSPS) is 15.5. The highest BCUT2D eigenvalue weighted by molar-refractivity contribution is 5.92. The van der Waals surface area contributed by atoms with Crippen LogP contribution in [0.5, 0.6) is 0 Å². The molecule has 1 saturated heterocycles. The second-order valence-corrected chi connectivity index (χ2v) is 6.39. The highest BCUT2D eigenvalue weighted by Crippen LogP contribution is 2.30. The Morgan fingerprint density at radius 2 is 2.00 bits per heavy atom. The third-order valence-corrected chi connectivity index (χ3v) is 4.55. The van der Waals surface area contributed by atoms with Gasteiger partial charge in [0.05, 0.1) is 17.4 Å².